The van der Waals surface area contributed by atoms with Crippen molar-refractivity contribution in [2.75, 3.05) is 0 Å². The molecule has 0 aliphatic heterocycles. The van der Waals surface area contributed by atoms with Crippen molar-refractivity contribution in [3.63, 3.8) is 0 Å². The predicted octanol–water partition coefficient (Wildman–Crippen LogP) is 4.86. The molecule has 1 unspecified atom stereocenters. The summed E-state index contributed by atoms with van der Waals surface area (Å²) in [5.74, 6) is 0.250. The Morgan fingerprint density at radius 3 is 1.53 bits per heavy atom. The minimum Gasteiger partial charge on any atom is -1.00 e. The number of fused-ring (bicyclic) bond motifs is 3. The van der Waals surface area contributed by atoms with Crippen LogP contribution in [0, 0.1) is 17.2 Å². The summed E-state index contributed by atoms with van der Waals surface area (Å²) in [5.41, 5.74) is 13.0. The average molecular weight is 697 g/mol. The molecule has 0 heterocycles. The zero-order chi connectivity index (χ0) is 30.1. The molecule has 0 N–H and O–H groups in total. The van der Waals surface area contributed by atoms with Gasteiger partial charge >= 0.3 is 257 Å². The van der Waals surface area contributed by atoms with Crippen LogP contribution in [0.15, 0.2) is 81.2 Å². The summed E-state index contributed by atoms with van der Waals surface area (Å²) in [4.78, 5) is 0. The summed E-state index contributed by atoms with van der Waals surface area (Å²) in [7, 11) is 0. The van der Waals surface area contributed by atoms with Crippen LogP contribution in [0.1, 0.15) is 108 Å². The van der Waals surface area contributed by atoms with Crippen LogP contribution in [0.2, 0.25) is 0 Å². The van der Waals surface area contributed by atoms with Gasteiger partial charge in [-0.3, -0.25) is 0 Å². The van der Waals surface area contributed by atoms with E-state index in [-0.39, 0.29) is 46.9 Å². The first kappa shape index (κ1) is 35.9. The van der Waals surface area contributed by atoms with Gasteiger partial charge in [-0.25, -0.2) is 0 Å². The van der Waals surface area contributed by atoms with Gasteiger partial charge in [0.15, 0.2) is 0 Å². The molecule has 2 aliphatic carbocycles. The van der Waals surface area contributed by atoms with Crippen LogP contribution in [-0.2, 0) is 32.1 Å². The minimum atomic E-state index is -2.63. The molecule has 43 heavy (non-hydrogen) atoms. The number of halogens is 3. The van der Waals surface area contributed by atoms with Gasteiger partial charge in [0.1, 0.15) is 0 Å². The topological polar surface area (TPSA) is 0 Å². The van der Waals surface area contributed by atoms with E-state index in [1.807, 2.05) is 12.1 Å². The Labute approximate surface area is 280 Å². The second-order valence-electron chi connectivity index (χ2n) is 15.3. The fourth-order valence-corrected chi connectivity index (χ4v) is 15.5. The van der Waals surface area contributed by atoms with Crippen molar-refractivity contribution in [3.05, 3.63) is 115 Å². The predicted molar refractivity (Wildman–Crippen MR) is 172 cm³/mol. The minimum absolute atomic E-state index is 0. The first-order valence-electron chi connectivity index (χ1n) is 15.2. The molecule has 0 saturated heterocycles. The normalized spacial score (nSPS) is 16.8. The Balaban J connectivity index is 0.00000253. The Hall–Kier alpha value is -1.60. The number of allylic oxidation sites excluding steroid dienone is 4. The van der Waals surface area contributed by atoms with Crippen LogP contribution in [0.25, 0.3) is 11.1 Å². The molecule has 0 amide bonds. The maximum atomic E-state index is 14.0. The van der Waals surface area contributed by atoms with Crippen molar-refractivity contribution in [2.45, 2.75) is 90.6 Å². The molecule has 0 nitrogen and oxygen atoms in total. The first-order chi connectivity index (χ1) is 19.0. The van der Waals surface area contributed by atoms with Crippen LogP contribution in [0.3, 0.4) is 0 Å². The molecule has 3 aromatic rings. The van der Waals surface area contributed by atoms with Crippen LogP contribution < -0.4 is 24.8 Å². The van der Waals surface area contributed by atoms with E-state index in [0.29, 0.717) is 9.54 Å². The molecule has 4 heteroatoms. The van der Waals surface area contributed by atoms with Gasteiger partial charge in [-0.05, 0) is 0 Å². The molecule has 0 fully saturated rings. The Bertz CT molecular complexity index is 1540. The number of benzene rings is 3. The number of rotatable bonds is 3. The van der Waals surface area contributed by atoms with Gasteiger partial charge in [-0.2, -0.15) is 0 Å². The van der Waals surface area contributed by atoms with Gasteiger partial charge < -0.3 is 24.8 Å². The molecule has 0 bridgehead atoms. The van der Waals surface area contributed by atoms with Crippen molar-refractivity contribution < 1.29 is 50.5 Å². The summed E-state index contributed by atoms with van der Waals surface area (Å²) >= 11 is -2.63. The average Bonchev–Trinajstić information content (AvgIpc) is 3.35. The maximum Gasteiger partial charge on any atom is -1.00 e. The summed E-state index contributed by atoms with van der Waals surface area (Å²) in [6.45, 7) is 25.7. The van der Waals surface area contributed by atoms with Crippen molar-refractivity contribution >= 4 is 3.71 Å². The molecule has 3 aromatic carbocycles. The smallest absolute Gasteiger partial charge is 1.00 e. The van der Waals surface area contributed by atoms with Crippen LogP contribution in [-0.4, -0.2) is 3.71 Å². The van der Waals surface area contributed by atoms with Crippen LogP contribution in [0.5, 0.6) is 0 Å². The second-order valence-corrected chi connectivity index (χ2v) is 21.0. The summed E-state index contributed by atoms with van der Waals surface area (Å²) in [6.07, 6.45) is 2.53. The zero-order valence-corrected chi connectivity index (χ0v) is 31.7. The third-order valence-electron chi connectivity index (χ3n) is 9.05. The zero-order valence-electron chi connectivity index (χ0n) is 27.7. The quantitative estimate of drug-likeness (QED) is 0.367. The van der Waals surface area contributed by atoms with Gasteiger partial charge in [0, 0.05) is 0 Å². The number of hydrogen-bond donors (Lipinski definition) is 0. The monoisotopic (exact) mass is 694 g/mol. The van der Waals surface area contributed by atoms with E-state index in [9.17, 15) is 4.39 Å². The van der Waals surface area contributed by atoms with E-state index in [1.54, 1.807) is 15.4 Å². The summed E-state index contributed by atoms with van der Waals surface area (Å²) in [6, 6.07) is 21.8. The molecule has 228 valence electrons. The van der Waals surface area contributed by atoms with E-state index in [2.05, 4.69) is 122 Å². The fourth-order valence-electron chi connectivity index (χ4n) is 6.81. The van der Waals surface area contributed by atoms with E-state index in [0.717, 1.165) is 5.56 Å². The van der Waals surface area contributed by atoms with Crippen molar-refractivity contribution in [1.82, 2.24) is 0 Å². The fraction of sp³-hybridized carbons (Fsp3) is 0.410. The van der Waals surface area contributed by atoms with E-state index >= 15 is 0 Å². The summed E-state index contributed by atoms with van der Waals surface area (Å²) < 4.78 is 18.7. The van der Waals surface area contributed by atoms with Crippen LogP contribution in [0.4, 0.5) is 4.39 Å². The maximum absolute atomic E-state index is 14.0. The molecule has 0 saturated carbocycles. The SMILES string of the molecule is CC1=[C](/[Zr+2](=[CH]/c2ccc(F)cc2)[CH]2c3ccc(C(C)(C)C)cc3-c3cc(C(C)(C)C)ccc32)C(C)C=C1C(C)(C)C.[Cl-].[Cl-]. The first-order valence-corrected chi connectivity index (χ1v) is 19.2. The largest absolute Gasteiger partial charge is 1.00 e. The molecular weight excluding hydrogens is 650 g/mol. The van der Waals surface area contributed by atoms with E-state index < -0.39 is 21.3 Å². The molecule has 1 atom stereocenters. The van der Waals surface area contributed by atoms with Gasteiger partial charge in [0.2, 0.25) is 0 Å². The third-order valence-corrected chi connectivity index (χ3v) is 17.3. The standard InChI is InChI=1S/C21H25.C11H17.C7H5F.2ClH.Zr/c1-20(2,3)16-9-7-14-11-15-8-10-17(21(4,5)6)13-19(15)18(14)12-16;1-8-6-9(2)10(7-8)11(3,4)5;1-6-2-4-7(8)5-3-6;;;/h7-13H,1-6H3;7-8H,1-5H3;1-5H;2*1H;/q;;;;;+2/p-2. The Kier molecular flexibility index (Phi) is 10.6. The Morgan fingerprint density at radius 2 is 1.14 bits per heavy atom. The number of hydrogen-bond acceptors (Lipinski definition) is 0. The van der Waals surface area contributed by atoms with Crippen molar-refractivity contribution in [2.24, 2.45) is 11.3 Å². The van der Waals surface area contributed by atoms with Gasteiger partial charge in [0.25, 0.3) is 0 Å². The Morgan fingerprint density at radius 1 is 0.674 bits per heavy atom. The molecule has 0 spiro atoms. The van der Waals surface area contributed by atoms with E-state index in [4.69, 9.17) is 0 Å². The molecule has 2 aliphatic rings. The summed E-state index contributed by atoms with van der Waals surface area (Å²) in [5, 5.41) is 0. The van der Waals surface area contributed by atoms with Gasteiger partial charge in [-0.15, -0.1) is 0 Å². The van der Waals surface area contributed by atoms with Crippen molar-refractivity contribution in [3.8, 4) is 11.1 Å². The van der Waals surface area contributed by atoms with Crippen LogP contribution >= 0.6 is 0 Å². The van der Waals surface area contributed by atoms with E-state index in [1.165, 1.54) is 44.5 Å². The van der Waals surface area contributed by atoms with Gasteiger partial charge in [-0.1, -0.05) is 0 Å². The second kappa shape index (κ2) is 12.7. The van der Waals surface area contributed by atoms with Crippen molar-refractivity contribution in [1.29, 1.82) is 0 Å². The third kappa shape index (κ3) is 6.98. The molecule has 0 radical (unpaired) electrons. The molecular formula is C39H47Cl2FZr. The van der Waals surface area contributed by atoms with Gasteiger partial charge in [0.05, 0.1) is 0 Å². The molecule has 5 rings (SSSR count). The molecule has 0 aromatic heterocycles.